The first kappa shape index (κ1) is 11.5. The molecule has 0 amide bonds. The highest BCUT2D eigenvalue weighted by Crippen LogP contribution is 2.39. The van der Waals surface area contributed by atoms with Crippen LogP contribution in [-0.2, 0) is 15.4 Å². The molecule has 0 saturated carbocycles. The van der Waals surface area contributed by atoms with Crippen molar-refractivity contribution in [2.24, 2.45) is 0 Å². The van der Waals surface area contributed by atoms with E-state index in [0.717, 1.165) is 29.1 Å². The van der Waals surface area contributed by atoms with Gasteiger partial charge in [0.2, 0.25) is 12.4 Å². The highest BCUT2D eigenvalue weighted by molar-refractivity contribution is 7.12. The average molecular weight is 271 g/mol. The molecule has 0 aromatic carbocycles. The van der Waals surface area contributed by atoms with Crippen molar-refractivity contribution in [1.82, 2.24) is 4.98 Å². The number of thiazole rings is 1. The summed E-state index contributed by atoms with van der Waals surface area (Å²) in [6.45, 7) is 2.34. The van der Waals surface area contributed by atoms with Crippen LogP contribution in [0.5, 0.6) is 0 Å². The van der Waals surface area contributed by atoms with E-state index in [2.05, 4.69) is 11.1 Å². The Kier molecular flexibility index (Phi) is 3.13. The summed E-state index contributed by atoms with van der Waals surface area (Å²) < 4.78 is 11.2. The van der Waals surface area contributed by atoms with Crippen LogP contribution in [0.1, 0.15) is 29.1 Å². The van der Waals surface area contributed by atoms with Gasteiger partial charge in [-0.15, -0.1) is 22.9 Å². The maximum atomic E-state index is 5.78. The van der Waals surface area contributed by atoms with Gasteiger partial charge in [-0.25, -0.2) is 4.98 Å². The highest BCUT2D eigenvalue weighted by Gasteiger charge is 2.44. The van der Waals surface area contributed by atoms with Crippen molar-refractivity contribution >= 4 is 28.5 Å². The van der Waals surface area contributed by atoms with Gasteiger partial charge >= 0.3 is 0 Å². The van der Waals surface area contributed by atoms with Gasteiger partial charge in [-0.2, -0.15) is 4.74 Å². The van der Waals surface area contributed by atoms with Crippen LogP contribution < -0.4 is 0 Å². The van der Waals surface area contributed by atoms with Crippen LogP contribution in [0.2, 0.25) is 0 Å². The van der Waals surface area contributed by atoms with Crippen LogP contribution in [0.4, 0.5) is 0 Å². The summed E-state index contributed by atoms with van der Waals surface area (Å²) in [6, 6.07) is 0. The van der Waals surface area contributed by atoms with Gasteiger partial charge < -0.3 is 0 Å². The minimum absolute atomic E-state index is 0.393. The number of nitrogens with zero attached hydrogens (tertiary/aromatic N) is 1. The summed E-state index contributed by atoms with van der Waals surface area (Å²) in [7, 11) is 0. The van der Waals surface area contributed by atoms with Crippen LogP contribution in [0.15, 0.2) is 12.3 Å². The first-order valence-corrected chi connectivity index (χ1v) is 7.00. The summed E-state index contributed by atoms with van der Waals surface area (Å²) >= 11 is 7.45. The van der Waals surface area contributed by atoms with Crippen LogP contribution in [0.3, 0.4) is 0 Å². The SMILES string of the molecule is ClCc1cnc(C2=CCC3(CC2)O[CH+]CO3)s1. The van der Waals surface area contributed by atoms with Gasteiger partial charge in [-0.3, -0.25) is 4.74 Å². The normalized spacial score (nSPS) is 28.2. The molecule has 2 heterocycles. The number of allylic oxidation sites excluding steroid dienone is 1. The molecule has 3 nitrogen and oxygen atoms in total. The molecule has 2 aliphatic rings. The highest BCUT2D eigenvalue weighted by atomic mass is 35.5. The van der Waals surface area contributed by atoms with E-state index in [1.165, 1.54) is 5.57 Å². The Hall–Kier alpha value is -0.550. The standard InChI is InChI=1S/C12H13ClNO2S/c13-7-10-8-14-11(17-10)9-1-3-12(4-2-9)15-5-6-16-12/h1,5,8H,2-4,6-7H2/q+1. The number of ether oxygens (including phenoxy) is 2. The Morgan fingerprint density at radius 3 is 3.12 bits per heavy atom. The third-order valence-electron chi connectivity index (χ3n) is 3.11. The monoisotopic (exact) mass is 270 g/mol. The predicted octanol–water partition coefficient (Wildman–Crippen LogP) is 3.35. The lowest BCUT2D eigenvalue weighted by molar-refractivity contribution is -0.152. The van der Waals surface area contributed by atoms with E-state index in [4.69, 9.17) is 21.1 Å². The number of halogens is 1. The Morgan fingerprint density at radius 2 is 2.53 bits per heavy atom. The van der Waals surface area contributed by atoms with Crippen LogP contribution in [-0.4, -0.2) is 17.4 Å². The van der Waals surface area contributed by atoms with Crippen molar-refractivity contribution < 1.29 is 9.47 Å². The van der Waals surface area contributed by atoms with Gasteiger partial charge in [-0.1, -0.05) is 6.08 Å². The molecule has 0 bridgehead atoms. The van der Waals surface area contributed by atoms with Crippen molar-refractivity contribution in [3.63, 3.8) is 0 Å². The van der Waals surface area contributed by atoms with E-state index < -0.39 is 5.79 Å². The number of alkyl halides is 1. The topological polar surface area (TPSA) is 31.4 Å². The fourth-order valence-corrected chi connectivity index (χ4v) is 3.23. The maximum absolute atomic E-state index is 5.78. The van der Waals surface area contributed by atoms with E-state index in [0.29, 0.717) is 12.5 Å². The molecule has 1 fully saturated rings. The molecule has 17 heavy (non-hydrogen) atoms. The maximum Gasteiger partial charge on any atom is 0.259 e. The third kappa shape index (κ3) is 2.22. The van der Waals surface area contributed by atoms with E-state index in [1.54, 1.807) is 17.9 Å². The molecule has 3 rings (SSSR count). The number of hydrogen-bond acceptors (Lipinski definition) is 4. The van der Waals surface area contributed by atoms with Gasteiger partial charge in [0, 0.05) is 23.9 Å². The average Bonchev–Trinajstić information content (AvgIpc) is 3.00. The van der Waals surface area contributed by atoms with Crippen LogP contribution >= 0.6 is 22.9 Å². The molecule has 1 spiro atoms. The Labute approximate surface area is 109 Å². The van der Waals surface area contributed by atoms with Crippen molar-refractivity contribution in [2.45, 2.75) is 30.9 Å². The Bertz CT molecular complexity index is 437. The molecule has 1 atom stereocenters. The van der Waals surface area contributed by atoms with Crippen LogP contribution in [0.25, 0.3) is 5.57 Å². The lowest BCUT2D eigenvalue weighted by atomic mass is 9.94. The van der Waals surface area contributed by atoms with E-state index in [9.17, 15) is 0 Å². The molecule has 90 valence electrons. The molecule has 0 radical (unpaired) electrons. The molecular formula is C12H13ClNO2S+. The smallest absolute Gasteiger partial charge is 0.259 e. The van der Waals surface area contributed by atoms with Gasteiger partial charge in [0.15, 0.2) is 0 Å². The second kappa shape index (κ2) is 4.61. The second-order valence-corrected chi connectivity index (χ2v) is 5.59. The van der Waals surface area contributed by atoms with Crippen molar-refractivity contribution in [3.8, 4) is 0 Å². The van der Waals surface area contributed by atoms with Crippen LogP contribution in [0, 0.1) is 6.61 Å². The minimum atomic E-state index is -0.393. The zero-order chi connectivity index (χ0) is 11.7. The molecule has 1 aromatic rings. The fraction of sp³-hybridized carbons (Fsp3) is 0.500. The quantitative estimate of drug-likeness (QED) is 0.610. The molecule has 5 heteroatoms. The first-order valence-electron chi connectivity index (χ1n) is 5.65. The molecule has 0 N–H and O–H groups in total. The number of hydrogen-bond donors (Lipinski definition) is 0. The fourth-order valence-electron chi connectivity index (χ4n) is 2.16. The lowest BCUT2D eigenvalue weighted by Gasteiger charge is -2.25. The van der Waals surface area contributed by atoms with Crippen molar-refractivity contribution in [2.75, 3.05) is 6.61 Å². The molecule has 1 saturated heterocycles. The van der Waals surface area contributed by atoms with Gasteiger partial charge in [0.25, 0.3) is 6.61 Å². The van der Waals surface area contributed by atoms with Gasteiger partial charge in [-0.05, 0) is 12.0 Å². The lowest BCUT2D eigenvalue weighted by Crippen LogP contribution is -2.31. The van der Waals surface area contributed by atoms with E-state index in [-0.39, 0.29) is 0 Å². The largest absolute Gasteiger partial charge is 0.300 e. The summed E-state index contributed by atoms with van der Waals surface area (Å²) in [4.78, 5) is 5.52. The Morgan fingerprint density at radius 1 is 1.59 bits per heavy atom. The molecular weight excluding hydrogens is 258 g/mol. The minimum Gasteiger partial charge on any atom is -0.300 e. The first-order chi connectivity index (χ1) is 8.31. The molecule has 1 aliphatic carbocycles. The number of rotatable bonds is 2. The summed E-state index contributed by atoms with van der Waals surface area (Å²) in [5.41, 5.74) is 1.29. The van der Waals surface area contributed by atoms with Crippen molar-refractivity contribution in [1.29, 1.82) is 0 Å². The zero-order valence-electron chi connectivity index (χ0n) is 9.32. The number of aromatic nitrogens is 1. The predicted molar refractivity (Wildman–Crippen MR) is 67.6 cm³/mol. The molecule has 1 unspecified atom stereocenters. The third-order valence-corrected chi connectivity index (χ3v) is 4.63. The molecule has 1 aromatic heterocycles. The van der Waals surface area contributed by atoms with Gasteiger partial charge in [0.1, 0.15) is 5.01 Å². The summed E-state index contributed by atoms with van der Waals surface area (Å²) in [5.74, 6) is 0.145. The van der Waals surface area contributed by atoms with E-state index in [1.807, 2.05) is 6.20 Å². The van der Waals surface area contributed by atoms with Gasteiger partial charge in [0.05, 0.1) is 5.88 Å². The zero-order valence-corrected chi connectivity index (χ0v) is 10.9. The second-order valence-electron chi connectivity index (χ2n) is 4.21. The molecule has 1 aliphatic heterocycles. The Balaban J connectivity index is 1.75. The van der Waals surface area contributed by atoms with E-state index >= 15 is 0 Å². The summed E-state index contributed by atoms with van der Waals surface area (Å²) in [5, 5.41) is 1.08. The summed E-state index contributed by atoms with van der Waals surface area (Å²) in [6.07, 6.45) is 6.68. The van der Waals surface area contributed by atoms with Crippen molar-refractivity contribution in [3.05, 3.63) is 28.8 Å².